The van der Waals surface area contributed by atoms with Crippen LogP contribution in [0.15, 0.2) is 12.2 Å². The van der Waals surface area contributed by atoms with Gasteiger partial charge in [0.1, 0.15) is 0 Å². The zero-order chi connectivity index (χ0) is 20.4. The summed E-state index contributed by atoms with van der Waals surface area (Å²) in [4.78, 5) is 9.00. The summed E-state index contributed by atoms with van der Waals surface area (Å²) < 4.78 is 0. The van der Waals surface area contributed by atoms with Gasteiger partial charge in [0.25, 0.3) is 5.97 Å². The van der Waals surface area contributed by atoms with Crippen molar-refractivity contribution in [3.05, 3.63) is 12.2 Å². The number of allylic oxidation sites excluding steroid dienone is 1. The molecule has 3 rings (SSSR count). The average molecular weight is 382 g/mol. The van der Waals surface area contributed by atoms with Crippen LogP contribution in [0.4, 0.5) is 0 Å². The van der Waals surface area contributed by atoms with Gasteiger partial charge < -0.3 is 21.1 Å². The lowest BCUT2D eigenvalue weighted by Gasteiger charge is -2.55. The second kappa shape index (κ2) is 8.62. The van der Waals surface area contributed by atoms with Gasteiger partial charge in [-0.15, -0.1) is 0 Å². The fourth-order valence-electron chi connectivity index (χ4n) is 6.33. The fraction of sp³-hybridized carbons (Fsp3) is 0.864. The number of carbonyl (C=O) groups is 1. The van der Waals surface area contributed by atoms with E-state index in [0.717, 1.165) is 39.2 Å². The minimum atomic E-state index is -0.833. The molecular weight excluding hydrogens is 342 g/mol. The molecular formula is C22H39NO4. The molecule has 7 atom stereocenters. The van der Waals surface area contributed by atoms with Gasteiger partial charge in [0.05, 0.1) is 12.2 Å². The summed E-state index contributed by atoms with van der Waals surface area (Å²) >= 11 is 0. The first-order valence-electron chi connectivity index (χ1n) is 10.5. The zero-order valence-electron chi connectivity index (χ0n) is 17.3. The second-order valence-corrected chi connectivity index (χ2v) is 9.52. The zero-order valence-corrected chi connectivity index (χ0v) is 17.3. The van der Waals surface area contributed by atoms with Crippen molar-refractivity contribution < 1.29 is 20.1 Å². The van der Waals surface area contributed by atoms with E-state index in [9.17, 15) is 10.2 Å². The predicted octanol–water partition coefficient (Wildman–Crippen LogP) is 3.34. The van der Waals surface area contributed by atoms with Crippen LogP contribution in [-0.2, 0) is 4.79 Å². The summed E-state index contributed by atoms with van der Waals surface area (Å²) in [5.74, 6) is 0.957. The Bertz CT molecular complexity index is 546. The minimum absolute atomic E-state index is 0.0652. The van der Waals surface area contributed by atoms with Crippen molar-refractivity contribution in [3.63, 3.8) is 0 Å². The van der Waals surface area contributed by atoms with E-state index < -0.39 is 5.97 Å². The lowest BCUT2D eigenvalue weighted by atomic mass is 9.50. The molecule has 0 spiro atoms. The first kappa shape index (κ1) is 22.4. The summed E-state index contributed by atoms with van der Waals surface area (Å²) in [7, 11) is 0. The van der Waals surface area contributed by atoms with Crippen LogP contribution in [0.25, 0.3) is 0 Å². The molecule has 5 nitrogen and oxygen atoms in total. The number of aliphatic carboxylic acids is 1. The van der Waals surface area contributed by atoms with Crippen LogP contribution in [0.3, 0.4) is 0 Å². The maximum absolute atomic E-state index is 10.8. The second-order valence-electron chi connectivity index (χ2n) is 9.52. The van der Waals surface area contributed by atoms with Gasteiger partial charge >= 0.3 is 0 Å². The van der Waals surface area contributed by atoms with Crippen molar-refractivity contribution in [2.75, 3.05) is 6.54 Å². The molecule has 0 saturated heterocycles. The molecule has 3 saturated carbocycles. The molecule has 0 aliphatic heterocycles. The molecule has 0 aromatic carbocycles. The Hall–Kier alpha value is -0.910. The van der Waals surface area contributed by atoms with E-state index in [2.05, 4.69) is 20.4 Å². The molecule has 156 valence electrons. The molecule has 3 aliphatic rings. The van der Waals surface area contributed by atoms with Gasteiger partial charge in [-0.25, -0.2) is 0 Å². The van der Waals surface area contributed by atoms with E-state index in [1.54, 1.807) is 0 Å². The van der Waals surface area contributed by atoms with Gasteiger partial charge in [-0.1, -0.05) is 26.0 Å². The Morgan fingerprint density at radius 1 is 1.19 bits per heavy atom. The fourth-order valence-corrected chi connectivity index (χ4v) is 6.33. The van der Waals surface area contributed by atoms with Crippen molar-refractivity contribution in [2.24, 2.45) is 34.3 Å². The van der Waals surface area contributed by atoms with Crippen molar-refractivity contribution in [3.8, 4) is 0 Å². The monoisotopic (exact) mass is 381 g/mol. The summed E-state index contributed by atoms with van der Waals surface area (Å²) in [6.07, 6.45) is 7.42. The normalized spacial score (nSPS) is 44.2. The Morgan fingerprint density at radius 3 is 2.37 bits per heavy atom. The third-order valence-electron chi connectivity index (χ3n) is 8.01. The molecule has 0 aromatic heterocycles. The first-order chi connectivity index (χ1) is 12.6. The van der Waals surface area contributed by atoms with Crippen LogP contribution in [0.2, 0.25) is 0 Å². The van der Waals surface area contributed by atoms with Crippen molar-refractivity contribution in [1.29, 1.82) is 0 Å². The molecule has 3 fully saturated rings. The van der Waals surface area contributed by atoms with Gasteiger partial charge in [-0.2, -0.15) is 0 Å². The Morgan fingerprint density at radius 2 is 1.81 bits per heavy atom. The molecule has 5 heteroatoms. The number of carboxylic acids is 1. The largest absolute Gasteiger partial charge is 0.481 e. The summed E-state index contributed by atoms with van der Waals surface area (Å²) in [5.41, 5.74) is 7.64. The number of rotatable bonds is 3. The SMILES string of the molecule is C=C1CCC2[C@H](CCN)C([C@@]3(C)CC[C@H](O)C[C@@H]3O)CC[C@]12C.CC(=O)O. The van der Waals surface area contributed by atoms with Crippen LogP contribution >= 0.6 is 0 Å². The molecule has 0 amide bonds. The van der Waals surface area contributed by atoms with Gasteiger partial charge in [-0.3, -0.25) is 4.79 Å². The highest BCUT2D eigenvalue weighted by Gasteiger charge is 2.56. The predicted molar refractivity (Wildman–Crippen MR) is 107 cm³/mol. The number of nitrogens with two attached hydrogens (primary N) is 1. The number of carboxylic acid groups (broad SMARTS) is 1. The third-order valence-corrected chi connectivity index (χ3v) is 8.01. The standard InChI is InChI=1S/C20H35NO2.C2H4O2/c1-13-4-5-16-15(8-11-21)17(7-10-19(13,16)2)20(3)9-6-14(22)12-18(20)23;1-2(3)4/h14-18,22-23H,1,4-12,21H2,2-3H3;1H3,(H,3,4)/t14-,15-,16?,17?,18-,19+,20+;/m0./s1. The van der Waals surface area contributed by atoms with Crippen LogP contribution < -0.4 is 5.73 Å². The van der Waals surface area contributed by atoms with Crippen LogP contribution in [0.5, 0.6) is 0 Å². The minimum Gasteiger partial charge on any atom is -0.481 e. The van der Waals surface area contributed by atoms with Crippen LogP contribution in [-0.4, -0.2) is 40.0 Å². The lowest BCUT2D eigenvalue weighted by Crippen LogP contribution is -2.52. The summed E-state index contributed by atoms with van der Waals surface area (Å²) in [5, 5.41) is 28.1. The highest BCUT2D eigenvalue weighted by atomic mass is 16.4. The number of hydrogen-bond acceptors (Lipinski definition) is 4. The van der Waals surface area contributed by atoms with Crippen LogP contribution in [0, 0.1) is 28.6 Å². The van der Waals surface area contributed by atoms with Crippen LogP contribution in [0.1, 0.15) is 72.1 Å². The number of fused-ring (bicyclic) bond motifs is 1. The highest BCUT2D eigenvalue weighted by Crippen LogP contribution is 2.63. The van der Waals surface area contributed by atoms with Gasteiger partial charge in [0, 0.05) is 6.92 Å². The molecule has 0 heterocycles. The van der Waals surface area contributed by atoms with Gasteiger partial charge in [0.15, 0.2) is 0 Å². The van der Waals surface area contributed by atoms with E-state index >= 15 is 0 Å². The number of hydrogen-bond donors (Lipinski definition) is 4. The number of aliphatic hydroxyl groups excluding tert-OH is 2. The molecule has 0 bridgehead atoms. The van der Waals surface area contributed by atoms with E-state index in [0.29, 0.717) is 24.2 Å². The van der Waals surface area contributed by atoms with E-state index in [1.807, 2.05) is 0 Å². The Kier molecular flexibility index (Phi) is 7.15. The van der Waals surface area contributed by atoms with Crippen molar-refractivity contribution in [2.45, 2.75) is 84.3 Å². The topological polar surface area (TPSA) is 104 Å². The third kappa shape index (κ3) is 4.41. The van der Waals surface area contributed by atoms with E-state index in [1.165, 1.54) is 24.8 Å². The molecule has 2 unspecified atom stereocenters. The first-order valence-corrected chi connectivity index (χ1v) is 10.5. The molecule has 27 heavy (non-hydrogen) atoms. The van der Waals surface area contributed by atoms with E-state index in [-0.39, 0.29) is 23.0 Å². The highest BCUT2D eigenvalue weighted by molar-refractivity contribution is 5.62. The summed E-state index contributed by atoms with van der Waals surface area (Å²) in [6.45, 7) is 10.9. The van der Waals surface area contributed by atoms with Crippen molar-refractivity contribution in [1.82, 2.24) is 0 Å². The Balaban J connectivity index is 0.000000596. The maximum Gasteiger partial charge on any atom is 0.300 e. The summed E-state index contributed by atoms with van der Waals surface area (Å²) in [6, 6.07) is 0. The van der Waals surface area contributed by atoms with E-state index in [4.69, 9.17) is 15.6 Å². The molecule has 0 aromatic rings. The average Bonchev–Trinajstić information content (AvgIpc) is 2.87. The quantitative estimate of drug-likeness (QED) is 0.561. The van der Waals surface area contributed by atoms with Gasteiger partial charge in [-0.05, 0) is 86.5 Å². The van der Waals surface area contributed by atoms with Gasteiger partial charge in [0.2, 0.25) is 0 Å². The van der Waals surface area contributed by atoms with Crippen molar-refractivity contribution >= 4 is 5.97 Å². The smallest absolute Gasteiger partial charge is 0.300 e. The lowest BCUT2D eigenvalue weighted by molar-refractivity contribution is -0.134. The number of aliphatic hydroxyl groups is 2. The Labute approximate surface area is 164 Å². The molecule has 5 N–H and O–H groups in total. The molecule has 3 aliphatic carbocycles. The molecule has 0 radical (unpaired) electrons. The maximum atomic E-state index is 10.8.